The van der Waals surface area contributed by atoms with Gasteiger partial charge in [0.05, 0.1) is 6.54 Å². The molecule has 2 heterocycles. The lowest BCUT2D eigenvalue weighted by Gasteiger charge is -2.26. The summed E-state index contributed by atoms with van der Waals surface area (Å²) in [5, 5.41) is 7.11. The lowest BCUT2D eigenvalue weighted by atomic mass is 9.99. The monoisotopic (exact) mass is 236 g/mol. The van der Waals surface area contributed by atoms with Crippen molar-refractivity contribution in [3.05, 3.63) is 23.7 Å². The van der Waals surface area contributed by atoms with Gasteiger partial charge in [-0.05, 0) is 51.8 Å². The van der Waals surface area contributed by atoms with Crippen molar-refractivity contribution in [2.45, 2.75) is 58.2 Å². The Morgan fingerprint density at radius 2 is 2.35 bits per heavy atom. The zero-order valence-electron chi connectivity index (χ0n) is 11.0. The molecule has 1 aliphatic heterocycles. The number of piperidine rings is 1. The Hall–Kier alpha value is -0.800. The van der Waals surface area contributed by atoms with Crippen molar-refractivity contribution in [2.24, 2.45) is 0 Å². The van der Waals surface area contributed by atoms with Gasteiger partial charge in [-0.25, -0.2) is 0 Å². The first-order chi connectivity index (χ1) is 8.24. The summed E-state index contributed by atoms with van der Waals surface area (Å²) < 4.78 is 5.55. The van der Waals surface area contributed by atoms with Crippen LogP contribution in [0.25, 0.3) is 0 Å². The predicted octanol–water partition coefficient (Wildman–Crippen LogP) is 2.60. The Morgan fingerprint density at radius 3 is 3.00 bits per heavy atom. The topological polar surface area (TPSA) is 37.2 Å². The van der Waals surface area contributed by atoms with E-state index in [-0.39, 0.29) is 0 Å². The molecule has 0 amide bonds. The molecule has 0 bridgehead atoms. The summed E-state index contributed by atoms with van der Waals surface area (Å²) in [4.78, 5) is 0. The summed E-state index contributed by atoms with van der Waals surface area (Å²) in [6.45, 7) is 6.27. The van der Waals surface area contributed by atoms with Crippen molar-refractivity contribution in [3.63, 3.8) is 0 Å². The molecular weight excluding hydrogens is 212 g/mol. The molecule has 1 aromatic heterocycles. The first kappa shape index (κ1) is 12.7. The van der Waals surface area contributed by atoms with E-state index in [9.17, 15) is 0 Å². The van der Waals surface area contributed by atoms with Gasteiger partial charge < -0.3 is 15.1 Å². The van der Waals surface area contributed by atoms with Gasteiger partial charge in [-0.3, -0.25) is 0 Å². The van der Waals surface area contributed by atoms with Crippen LogP contribution in [0, 0.1) is 6.92 Å². The molecule has 0 aromatic carbocycles. The number of hydrogen-bond acceptors (Lipinski definition) is 3. The summed E-state index contributed by atoms with van der Waals surface area (Å²) in [5.74, 6) is 2.02. The van der Waals surface area contributed by atoms with E-state index in [4.69, 9.17) is 4.42 Å². The number of nitrogens with one attached hydrogen (secondary N) is 2. The van der Waals surface area contributed by atoms with E-state index in [1.807, 2.05) is 19.1 Å². The highest BCUT2D eigenvalue weighted by atomic mass is 16.3. The minimum Gasteiger partial charge on any atom is -0.465 e. The Kier molecular flexibility index (Phi) is 4.63. The third-order valence-corrected chi connectivity index (χ3v) is 3.47. The largest absolute Gasteiger partial charge is 0.465 e. The standard InChI is InChI=1S/C14H24N2O/c1-11(9-13-5-3-4-8-15-13)16-10-14-7-6-12(2)17-14/h6-7,11,13,15-16H,3-5,8-10H2,1-2H3. The van der Waals surface area contributed by atoms with Gasteiger partial charge in [0, 0.05) is 12.1 Å². The second-order valence-corrected chi connectivity index (χ2v) is 5.18. The van der Waals surface area contributed by atoms with E-state index in [0.717, 1.165) is 18.1 Å². The SMILES string of the molecule is Cc1ccc(CNC(C)CC2CCCCN2)o1. The molecule has 3 nitrogen and oxygen atoms in total. The Morgan fingerprint density at radius 1 is 1.47 bits per heavy atom. The van der Waals surface area contributed by atoms with Gasteiger partial charge in [0.25, 0.3) is 0 Å². The van der Waals surface area contributed by atoms with Crippen LogP contribution in [0.1, 0.15) is 44.1 Å². The predicted molar refractivity (Wildman–Crippen MR) is 70.0 cm³/mol. The van der Waals surface area contributed by atoms with E-state index in [1.54, 1.807) is 0 Å². The molecule has 17 heavy (non-hydrogen) atoms. The molecule has 1 aliphatic rings. The molecule has 1 saturated heterocycles. The van der Waals surface area contributed by atoms with Crippen molar-refractivity contribution >= 4 is 0 Å². The molecule has 2 N–H and O–H groups in total. The van der Waals surface area contributed by atoms with Crippen LogP contribution in [0.15, 0.2) is 16.5 Å². The van der Waals surface area contributed by atoms with Crippen molar-refractivity contribution in [1.82, 2.24) is 10.6 Å². The van der Waals surface area contributed by atoms with Gasteiger partial charge in [-0.15, -0.1) is 0 Å². The highest BCUT2D eigenvalue weighted by Gasteiger charge is 2.15. The maximum absolute atomic E-state index is 5.55. The third kappa shape index (κ3) is 4.17. The number of aryl methyl sites for hydroxylation is 1. The van der Waals surface area contributed by atoms with E-state index in [1.165, 1.54) is 32.2 Å². The molecule has 2 rings (SSSR count). The van der Waals surface area contributed by atoms with Crippen molar-refractivity contribution < 1.29 is 4.42 Å². The molecular formula is C14H24N2O. The molecule has 1 fully saturated rings. The lowest BCUT2D eigenvalue weighted by Crippen LogP contribution is -2.39. The number of rotatable bonds is 5. The normalized spacial score (nSPS) is 22.6. The smallest absolute Gasteiger partial charge is 0.117 e. The average Bonchev–Trinajstić information content (AvgIpc) is 2.74. The summed E-state index contributed by atoms with van der Waals surface area (Å²) in [5.41, 5.74) is 0. The van der Waals surface area contributed by atoms with Crippen molar-refractivity contribution in [2.75, 3.05) is 6.54 Å². The molecule has 96 valence electrons. The van der Waals surface area contributed by atoms with Crippen LogP contribution < -0.4 is 10.6 Å². The molecule has 2 unspecified atom stereocenters. The van der Waals surface area contributed by atoms with Crippen LogP contribution in [-0.2, 0) is 6.54 Å². The minimum atomic E-state index is 0.538. The Balaban J connectivity index is 1.68. The summed E-state index contributed by atoms with van der Waals surface area (Å²) in [7, 11) is 0. The third-order valence-electron chi connectivity index (χ3n) is 3.47. The van der Waals surface area contributed by atoms with E-state index >= 15 is 0 Å². The zero-order valence-corrected chi connectivity index (χ0v) is 11.0. The van der Waals surface area contributed by atoms with Crippen LogP contribution in [0.3, 0.4) is 0 Å². The number of hydrogen-bond donors (Lipinski definition) is 2. The Labute approximate surface area is 104 Å². The van der Waals surface area contributed by atoms with Gasteiger partial charge in [0.15, 0.2) is 0 Å². The fourth-order valence-electron chi connectivity index (χ4n) is 2.49. The maximum Gasteiger partial charge on any atom is 0.117 e. The first-order valence-electron chi connectivity index (χ1n) is 6.76. The fourth-order valence-corrected chi connectivity index (χ4v) is 2.49. The van der Waals surface area contributed by atoms with Crippen LogP contribution in [0.5, 0.6) is 0 Å². The summed E-state index contributed by atoms with van der Waals surface area (Å²) in [6, 6.07) is 5.30. The van der Waals surface area contributed by atoms with Gasteiger partial charge in [0.1, 0.15) is 11.5 Å². The van der Waals surface area contributed by atoms with Gasteiger partial charge >= 0.3 is 0 Å². The molecule has 3 heteroatoms. The van der Waals surface area contributed by atoms with Crippen LogP contribution >= 0.6 is 0 Å². The van der Waals surface area contributed by atoms with Crippen molar-refractivity contribution in [3.8, 4) is 0 Å². The maximum atomic E-state index is 5.55. The molecule has 0 spiro atoms. The van der Waals surface area contributed by atoms with Crippen molar-refractivity contribution in [1.29, 1.82) is 0 Å². The lowest BCUT2D eigenvalue weighted by molar-refractivity contribution is 0.338. The number of furan rings is 1. The molecule has 0 aliphatic carbocycles. The van der Waals surface area contributed by atoms with E-state index in [2.05, 4.69) is 17.6 Å². The molecule has 2 atom stereocenters. The van der Waals surface area contributed by atoms with Crippen LogP contribution in [-0.4, -0.2) is 18.6 Å². The quantitative estimate of drug-likeness (QED) is 0.825. The fraction of sp³-hybridized carbons (Fsp3) is 0.714. The van der Waals surface area contributed by atoms with E-state index < -0.39 is 0 Å². The molecule has 0 radical (unpaired) electrons. The molecule has 0 saturated carbocycles. The van der Waals surface area contributed by atoms with Crippen LogP contribution in [0.4, 0.5) is 0 Å². The van der Waals surface area contributed by atoms with Gasteiger partial charge in [0.2, 0.25) is 0 Å². The second-order valence-electron chi connectivity index (χ2n) is 5.18. The highest BCUT2D eigenvalue weighted by Crippen LogP contribution is 2.12. The average molecular weight is 236 g/mol. The second kappa shape index (κ2) is 6.22. The van der Waals surface area contributed by atoms with Gasteiger partial charge in [-0.2, -0.15) is 0 Å². The van der Waals surface area contributed by atoms with Gasteiger partial charge in [-0.1, -0.05) is 6.42 Å². The summed E-state index contributed by atoms with van der Waals surface area (Å²) >= 11 is 0. The Bertz CT molecular complexity index is 329. The highest BCUT2D eigenvalue weighted by molar-refractivity contribution is 5.05. The minimum absolute atomic E-state index is 0.538. The zero-order chi connectivity index (χ0) is 12.1. The molecule has 1 aromatic rings. The van der Waals surface area contributed by atoms with E-state index in [0.29, 0.717) is 12.1 Å². The summed E-state index contributed by atoms with van der Waals surface area (Å²) in [6.07, 6.45) is 5.25. The van der Waals surface area contributed by atoms with Crippen LogP contribution in [0.2, 0.25) is 0 Å². The first-order valence-corrected chi connectivity index (χ1v) is 6.76.